The van der Waals surface area contributed by atoms with Gasteiger partial charge in [-0.2, -0.15) is 4.98 Å². The number of hydrogen-bond donors (Lipinski definition) is 3. The summed E-state index contributed by atoms with van der Waals surface area (Å²) in [7, 11) is 5.36. The Kier molecular flexibility index (Phi) is 7.16. The number of fused-ring (bicyclic) bond motifs is 1. The second-order valence-corrected chi connectivity index (χ2v) is 9.37. The van der Waals surface area contributed by atoms with E-state index in [1.807, 2.05) is 19.0 Å². The van der Waals surface area contributed by atoms with Gasteiger partial charge < -0.3 is 30.7 Å². The molecule has 0 spiro atoms. The van der Waals surface area contributed by atoms with Crippen molar-refractivity contribution in [1.29, 1.82) is 0 Å². The Labute approximate surface area is 215 Å². The highest BCUT2D eigenvalue weighted by Gasteiger charge is 2.43. The molecule has 0 saturated carbocycles. The Morgan fingerprint density at radius 2 is 2.00 bits per heavy atom. The van der Waals surface area contributed by atoms with E-state index < -0.39 is 5.60 Å². The molecule has 0 saturated heterocycles. The third-order valence-electron chi connectivity index (χ3n) is 5.68. The van der Waals surface area contributed by atoms with Gasteiger partial charge in [0.25, 0.3) is 5.91 Å². The lowest BCUT2D eigenvalue weighted by molar-refractivity contribution is -0.131. The van der Waals surface area contributed by atoms with Crippen molar-refractivity contribution in [2.24, 2.45) is 0 Å². The molecule has 3 aromatic rings. The first-order chi connectivity index (χ1) is 17.6. The van der Waals surface area contributed by atoms with Crippen LogP contribution in [0.4, 0.5) is 34.5 Å². The van der Waals surface area contributed by atoms with E-state index in [2.05, 4.69) is 20.6 Å². The number of anilines is 6. The summed E-state index contributed by atoms with van der Waals surface area (Å²) in [6, 6.07) is 12.2. The molecule has 194 valence electrons. The van der Waals surface area contributed by atoms with E-state index in [1.165, 1.54) is 18.2 Å². The van der Waals surface area contributed by atoms with Crippen LogP contribution >= 0.6 is 0 Å². The zero-order valence-corrected chi connectivity index (χ0v) is 21.5. The first kappa shape index (κ1) is 25.7. The molecule has 0 unspecified atom stereocenters. The van der Waals surface area contributed by atoms with Crippen molar-refractivity contribution in [2.75, 3.05) is 49.0 Å². The number of aromatic nitrogens is 2. The summed E-state index contributed by atoms with van der Waals surface area (Å²) >= 11 is 0. The highest BCUT2D eigenvalue weighted by molar-refractivity contribution is 6.07. The van der Waals surface area contributed by atoms with Crippen molar-refractivity contribution in [3.63, 3.8) is 0 Å². The first-order valence-corrected chi connectivity index (χ1v) is 11.7. The smallest absolute Gasteiger partial charge is 0.276 e. The normalized spacial score (nSPS) is 14.1. The first-order valence-electron chi connectivity index (χ1n) is 11.7. The average Bonchev–Trinajstić information content (AvgIpc) is 2.84. The minimum Gasteiger partial charge on any atom is -0.494 e. The highest BCUT2D eigenvalue weighted by Crippen LogP contribution is 2.41. The minimum absolute atomic E-state index is 0.0938. The maximum absolute atomic E-state index is 13.3. The van der Waals surface area contributed by atoms with Gasteiger partial charge in [0.2, 0.25) is 11.9 Å². The standard InChI is InChI=1S/C26H31N7O4/c1-26(2)24(35)33(18-8-6-7-16(27)13-18)23-21(37-26)15-28-25(31-23)30-19-10-9-17(14-20(19)36-5)29-22(34)11-12-32(3)4/h6-10,13-15H,11-12,27H2,1-5H3,(H,29,34)(H,28,30,31). The molecule has 1 aromatic heterocycles. The van der Waals surface area contributed by atoms with Crippen molar-refractivity contribution in [1.82, 2.24) is 14.9 Å². The third kappa shape index (κ3) is 5.72. The van der Waals surface area contributed by atoms with Gasteiger partial charge in [0.1, 0.15) is 5.75 Å². The van der Waals surface area contributed by atoms with E-state index in [0.717, 1.165) is 0 Å². The molecule has 0 bridgehead atoms. The zero-order chi connectivity index (χ0) is 26.7. The summed E-state index contributed by atoms with van der Waals surface area (Å²) in [5, 5.41) is 6.00. The number of carbonyl (C=O) groups is 2. The third-order valence-corrected chi connectivity index (χ3v) is 5.68. The fourth-order valence-corrected chi connectivity index (χ4v) is 3.78. The van der Waals surface area contributed by atoms with Crippen molar-refractivity contribution < 1.29 is 19.1 Å². The Morgan fingerprint density at radius 3 is 2.70 bits per heavy atom. The van der Waals surface area contributed by atoms with Crippen LogP contribution in [0.5, 0.6) is 11.5 Å². The molecule has 4 N–H and O–H groups in total. The summed E-state index contributed by atoms with van der Waals surface area (Å²) < 4.78 is 11.4. The van der Waals surface area contributed by atoms with Crippen LogP contribution in [0.15, 0.2) is 48.7 Å². The number of carbonyl (C=O) groups excluding carboxylic acids is 2. The lowest BCUT2D eigenvalue weighted by Gasteiger charge is -2.37. The molecule has 2 aromatic carbocycles. The number of nitrogens with zero attached hydrogens (tertiary/aromatic N) is 4. The van der Waals surface area contributed by atoms with Crippen molar-refractivity contribution in [2.45, 2.75) is 25.9 Å². The second-order valence-electron chi connectivity index (χ2n) is 9.37. The molecule has 0 fully saturated rings. The summed E-state index contributed by atoms with van der Waals surface area (Å²) in [5.74, 6) is 0.972. The zero-order valence-electron chi connectivity index (χ0n) is 21.5. The van der Waals surface area contributed by atoms with Gasteiger partial charge in [0, 0.05) is 30.4 Å². The van der Waals surface area contributed by atoms with Crippen LogP contribution in [-0.4, -0.2) is 60.0 Å². The van der Waals surface area contributed by atoms with E-state index in [1.54, 1.807) is 56.3 Å². The lowest BCUT2D eigenvalue weighted by Crippen LogP contribution is -2.51. The van der Waals surface area contributed by atoms with E-state index in [4.69, 9.17) is 15.2 Å². The van der Waals surface area contributed by atoms with Gasteiger partial charge in [0.15, 0.2) is 17.2 Å². The maximum Gasteiger partial charge on any atom is 0.276 e. The average molecular weight is 506 g/mol. The van der Waals surface area contributed by atoms with E-state index in [0.29, 0.717) is 47.2 Å². The monoisotopic (exact) mass is 505 g/mol. The maximum atomic E-state index is 13.3. The topological polar surface area (TPSA) is 135 Å². The van der Waals surface area contributed by atoms with Crippen molar-refractivity contribution in [3.05, 3.63) is 48.7 Å². The van der Waals surface area contributed by atoms with Gasteiger partial charge in [-0.3, -0.25) is 14.5 Å². The molecule has 11 nitrogen and oxygen atoms in total. The Bertz CT molecular complexity index is 1330. The molecule has 4 rings (SSSR count). The number of rotatable bonds is 8. The second kappa shape index (κ2) is 10.3. The van der Waals surface area contributed by atoms with Crippen LogP contribution in [0.3, 0.4) is 0 Å². The number of hydrogen-bond acceptors (Lipinski definition) is 9. The molecule has 2 amide bonds. The Morgan fingerprint density at radius 1 is 1.22 bits per heavy atom. The van der Waals surface area contributed by atoms with Crippen LogP contribution in [-0.2, 0) is 9.59 Å². The lowest BCUT2D eigenvalue weighted by atomic mass is 10.0. The molecule has 0 radical (unpaired) electrons. The fourth-order valence-electron chi connectivity index (χ4n) is 3.78. The van der Waals surface area contributed by atoms with Gasteiger partial charge in [-0.05, 0) is 58.3 Å². The largest absolute Gasteiger partial charge is 0.494 e. The number of nitrogens with two attached hydrogens (primary N) is 1. The number of amides is 2. The summed E-state index contributed by atoms with van der Waals surface area (Å²) in [6.07, 6.45) is 1.89. The number of benzene rings is 2. The molecule has 37 heavy (non-hydrogen) atoms. The predicted octanol–water partition coefficient (Wildman–Crippen LogP) is 3.54. The van der Waals surface area contributed by atoms with E-state index in [-0.39, 0.29) is 23.6 Å². The van der Waals surface area contributed by atoms with Crippen LogP contribution in [0.2, 0.25) is 0 Å². The van der Waals surface area contributed by atoms with Gasteiger partial charge in [-0.25, -0.2) is 4.98 Å². The molecule has 1 aliphatic heterocycles. The number of nitrogen functional groups attached to an aromatic ring is 1. The minimum atomic E-state index is -1.12. The molecule has 2 heterocycles. The van der Waals surface area contributed by atoms with Crippen LogP contribution in [0.25, 0.3) is 0 Å². The predicted molar refractivity (Wildman–Crippen MR) is 143 cm³/mol. The molecule has 0 aliphatic carbocycles. The number of ether oxygens (including phenoxy) is 2. The highest BCUT2D eigenvalue weighted by atomic mass is 16.5. The van der Waals surface area contributed by atoms with E-state index in [9.17, 15) is 9.59 Å². The van der Waals surface area contributed by atoms with Gasteiger partial charge >= 0.3 is 0 Å². The van der Waals surface area contributed by atoms with Gasteiger partial charge in [-0.1, -0.05) is 6.07 Å². The molecule has 11 heteroatoms. The summed E-state index contributed by atoms with van der Waals surface area (Å²) in [5.41, 5.74) is 7.12. The summed E-state index contributed by atoms with van der Waals surface area (Å²) in [6.45, 7) is 4.03. The number of nitrogens with one attached hydrogen (secondary N) is 2. The molecule has 0 atom stereocenters. The van der Waals surface area contributed by atoms with E-state index >= 15 is 0 Å². The van der Waals surface area contributed by atoms with Crippen molar-refractivity contribution in [3.8, 4) is 11.5 Å². The van der Waals surface area contributed by atoms with Crippen molar-refractivity contribution >= 4 is 46.3 Å². The number of methoxy groups -OCH3 is 1. The van der Waals surface area contributed by atoms with Gasteiger partial charge in [0.05, 0.1) is 24.7 Å². The molecular formula is C26H31N7O4. The quantitative estimate of drug-likeness (QED) is 0.393. The SMILES string of the molecule is COc1cc(NC(=O)CCN(C)C)ccc1Nc1ncc2c(n1)N(c1cccc(N)c1)C(=O)C(C)(C)O2. The Balaban J connectivity index is 1.62. The van der Waals surface area contributed by atoms with Crippen LogP contribution in [0.1, 0.15) is 20.3 Å². The Hall–Kier alpha value is -4.38. The molecular weight excluding hydrogens is 474 g/mol. The molecule has 1 aliphatic rings. The van der Waals surface area contributed by atoms with Crippen LogP contribution < -0.4 is 30.7 Å². The van der Waals surface area contributed by atoms with Crippen LogP contribution in [0, 0.1) is 0 Å². The summed E-state index contributed by atoms with van der Waals surface area (Å²) in [4.78, 5) is 37.9. The van der Waals surface area contributed by atoms with Gasteiger partial charge in [-0.15, -0.1) is 0 Å². The fraction of sp³-hybridized carbons (Fsp3) is 0.308.